The second-order valence-corrected chi connectivity index (χ2v) is 7.52. The van der Waals surface area contributed by atoms with E-state index in [1.165, 1.54) is 7.11 Å². The second kappa shape index (κ2) is 9.99. The Labute approximate surface area is 146 Å². The molecule has 0 aromatic carbocycles. The number of piperidine rings is 1. The summed E-state index contributed by atoms with van der Waals surface area (Å²) in [6, 6.07) is 0.0367. The summed E-state index contributed by atoms with van der Waals surface area (Å²) in [7, 11) is 1.41. The molecule has 6 heteroatoms. The van der Waals surface area contributed by atoms with Gasteiger partial charge in [-0.1, -0.05) is 19.8 Å². The SMILES string of the molecule is CCCCC(NC1CCN(CC(=O)OC)CC1)C(=O)OC(C)(C)C. The summed E-state index contributed by atoms with van der Waals surface area (Å²) in [5.74, 6) is -0.357. The molecule has 1 N–H and O–H groups in total. The molecule has 1 unspecified atom stereocenters. The van der Waals surface area contributed by atoms with Crippen LogP contribution in [0.2, 0.25) is 0 Å². The fourth-order valence-electron chi connectivity index (χ4n) is 2.84. The minimum Gasteiger partial charge on any atom is -0.468 e. The molecule has 0 bridgehead atoms. The fourth-order valence-corrected chi connectivity index (χ4v) is 2.84. The van der Waals surface area contributed by atoms with E-state index in [1.807, 2.05) is 20.8 Å². The zero-order valence-electron chi connectivity index (χ0n) is 15.9. The predicted molar refractivity (Wildman–Crippen MR) is 93.8 cm³/mol. The molecule has 0 spiro atoms. The Bertz CT molecular complexity index is 398. The lowest BCUT2D eigenvalue weighted by atomic mass is 10.0. The van der Waals surface area contributed by atoms with Crippen LogP contribution in [0.15, 0.2) is 0 Å². The molecule has 1 atom stereocenters. The van der Waals surface area contributed by atoms with Crippen molar-refractivity contribution in [3.63, 3.8) is 0 Å². The Morgan fingerprint density at radius 1 is 1.25 bits per heavy atom. The Balaban J connectivity index is 2.49. The van der Waals surface area contributed by atoms with E-state index in [2.05, 4.69) is 17.1 Å². The third-order valence-corrected chi connectivity index (χ3v) is 4.14. The van der Waals surface area contributed by atoms with Gasteiger partial charge in [-0.2, -0.15) is 0 Å². The number of esters is 2. The first-order valence-electron chi connectivity index (χ1n) is 9.03. The summed E-state index contributed by atoms with van der Waals surface area (Å²) in [6.07, 6.45) is 4.69. The van der Waals surface area contributed by atoms with Crippen LogP contribution in [0.4, 0.5) is 0 Å². The van der Waals surface area contributed by atoms with Gasteiger partial charge in [0, 0.05) is 19.1 Å². The summed E-state index contributed by atoms with van der Waals surface area (Å²) in [5.41, 5.74) is -0.465. The zero-order chi connectivity index (χ0) is 18.2. The maximum Gasteiger partial charge on any atom is 0.323 e. The van der Waals surface area contributed by atoms with Gasteiger partial charge in [-0.05, 0) is 40.0 Å². The van der Waals surface area contributed by atoms with Crippen molar-refractivity contribution < 1.29 is 19.1 Å². The third-order valence-electron chi connectivity index (χ3n) is 4.14. The number of likely N-dealkylation sites (tertiary alicyclic amines) is 1. The molecular weight excluding hydrogens is 308 g/mol. The standard InChI is InChI=1S/C18H34N2O4/c1-6-7-8-15(17(22)24-18(2,3)4)19-14-9-11-20(12-10-14)13-16(21)23-5/h14-15,19H,6-13H2,1-5H3. The van der Waals surface area contributed by atoms with Gasteiger partial charge in [-0.3, -0.25) is 14.5 Å². The first-order chi connectivity index (χ1) is 11.2. The van der Waals surface area contributed by atoms with Crippen molar-refractivity contribution in [2.75, 3.05) is 26.7 Å². The number of hydrogen-bond donors (Lipinski definition) is 1. The van der Waals surface area contributed by atoms with Gasteiger partial charge in [0.2, 0.25) is 0 Å². The molecule has 0 aliphatic carbocycles. The van der Waals surface area contributed by atoms with E-state index in [4.69, 9.17) is 9.47 Å². The number of ether oxygens (including phenoxy) is 2. The van der Waals surface area contributed by atoms with Gasteiger partial charge in [-0.25, -0.2) is 0 Å². The molecule has 24 heavy (non-hydrogen) atoms. The van der Waals surface area contributed by atoms with E-state index in [1.54, 1.807) is 0 Å². The first-order valence-corrected chi connectivity index (χ1v) is 9.03. The highest BCUT2D eigenvalue weighted by molar-refractivity contribution is 5.76. The molecule has 0 aromatic heterocycles. The first kappa shape index (κ1) is 20.9. The maximum atomic E-state index is 12.4. The summed E-state index contributed by atoms with van der Waals surface area (Å²) in [5, 5.41) is 3.48. The quantitative estimate of drug-likeness (QED) is 0.682. The number of methoxy groups -OCH3 is 1. The van der Waals surface area contributed by atoms with E-state index < -0.39 is 5.60 Å². The third kappa shape index (κ3) is 8.11. The van der Waals surface area contributed by atoms with E-state index in [-0.39, 0.29) is 24.0 Å². The number of nitrogens with one attached hydrogen (secondary N) is 1. The Kier molecular flexibility index (Phi) is 8.70. The maximum absolute atomic E-state index is 12.4. The van der Waals surface area contributed by atoms with Crippen LogP contribution >= 0.6 is 0 Å². The van der Waals surface area contributed by atoms with Gasteiger partial charge in [0.25, 0.3) is 0 Å². The Morgan fingerprint density at radius 3 is 2.38 bits per heavy atom. The number of carbonyl (C=O) groups is 2. The van der Waals surface area contributed by atoms with Crippen molar-refractivity contribution in [3.8, 4) is 0 Å². The smallest absolute Gasteiger partial charge is 0.323 e. The normalized spacial score (nSPS) is 18.2. The summed E-state index contributed by atoms with van der Waals surface area (Å²) < 4.78 is 10.3. The van der Waals surface area contributed by atoms with Crippen LogP contribution in [-0.4, -0.2) is 61.3 Å². The van der Waals surface area contributed by atoms with Crippen LogP contribution in [0.5, 0.6) is 0 Å². The molecular formula is C18H34N2O4. The number of rotatable bonds is 8. The molecule has 0 amide bonds. The molecule has 1 heterocycles. The Morgan fingerprint density at radius 2 is 1.88 bits per heavy atom. The molecule has 1 aliphatic rings. The minimum atomic E-state index is -0.465. The van der Waals surface area contributed by atoms with Gasteiger partial charge in [-0.15, -0.1) is 0 Å². The summed E-state index contributed by atoms with van der Waals surface area (Å²) in [4.78, 5) is 25.9. The van der Waals surface area contributed by atoms with Crippen molar-refractivity contribution >= 4 is 11.9 Å². The van der Waals surface area contributed by atoms with Crippen molar-refractivity contribution in [1.29, 1.82) is 0 Å². The lowest BCUT2D eigenvalue weighted by Gasteiger charge is -2.34. The Hall–Kier alpha value is -1.14. The fraction of sp³-hybridized carbons (Fsp3) is 0.889. The molecule has 0 saturated carbocycles. The van der Waals surface area contributed by atoms with Crippen molar-refractivity contribution in [1.82, 2.24) is 10.2 Å². The van der Waals surface area contributed by atoms with Crippen LogP contribution in [0.1, 0.15) is 59.8 Å². The monoisotopic (exact) mass is 342 g/mol. The number of carbonyl (C=O) groups excluding carboxylic acids is 2. The number of hydrogen-bond acceptors (Lipinski definition) is 6. The second-order valence-electron chi connectivity index (χ2n) is 7.52. The highest BCUT2D eigenvalue weighted by atomic mass is 16.6. The van der Waals surface area contributed by atoms with Crippen LogP contribution < -0.4 is 5.32 Å². The van der Waals surface area contributed by atoms with E-state index >= 15 is 0 Å². The van der Waals surface area contributed by atoms with Crippen LogP contribution in [0, 0.1) is 0 Å². The lowest BCUT2D eigenvalue weighted by Crippen LogP contribution is -2.50. The largest absolute Gasteiger partial charge is 0.468 e. The minimum absolute atomic E-state index is 0.159. The van der Waals surface area contributed by atoms with Gasteiger partial charge in [0.05, 0.1) is 13.7 Å². The summed E-state index contributed by atoms with van der Waals surface area (Å²) >= 11 is 0. The van der Waals surface area contributed by atoms with Crippen molar-refractivity contribution in [2.45, 2.75) is 77.5 Å². The van der Waals surface area contributed by atoms with Crippen molar-refractivity contribution in [3.05, 3.63) is 0 Å². The lowest BCUT2D eigenvalue weighted by molar-refractivity contribution is -0.158. The van der Waals surface area contributed by atoms with Gasteiger partial charge in [0.15, 0.2) is 0 Å². The van der Waals surface area contributed by atoms with Crippen LogP contribution in [0.3, 0.4) is 0 Å². The van der Waals surface area contributed by atoms with E-state index in [0.717, 1.165) is 45.2 Å². The average Bonchev–Trinajstić information content (AvgIpc) is 2.51. The van der Waals surface area contributed by atoms with Crippen LogP contribution in [-0.2, 0) is 19.1 Å². The van der Waals surface area contributed by atoms with Crippen molar-refractivity contribution in [2.24, 2.45) is 0 Å². The van der Waals surface area contributed by atoms with E-state index in [9.17, 15) is 9.59 Å². The molecule has 1 aliphatic heterocycles. The zero-order valence-corrected chi connectivity index (χ0v) is 15.9. The van der Waals surface area contributed by atoms with Gasteiger partial charge in [0.1, 0.15) is 11.6 Å². The molecule has 6 nitrogen and oxygen atoms in total. The molecule has 1 rings (SSSR count). The van der Waals surface area contributed by atoms with Gasteiger partial charge < -0.3 is 14.8 Å². The molecule has 1 fully saturated rings. The molecule has 0 radical (unpaired) electrons. The molecule has 140 valence electrons. The predicted octanol–water partition coefficient (Wildman–Crippen LogP) is 2.11. The highest BCUT2D eigenvalue weighted by Gasteiger charge is 2.29. The topological polar surface area (TPSA) is 67.9 Å². The molecule has 1 saturated heterocycles. The average molecular weight is 342 g/mol. The number of unbranched alkanes of at least 4 members (excludes halogenated alkanes) is 1. The summed E-state index contributed by atoms with van der Waals surface area (Å²) in [6.45, 7) is 9.82. The van der Waals surface area contributed by atoms with Gasteiger partial charge >= 0.3 is 11.9 Å². The number of nitrogens with zero attached hydrogens (tertiary/aromatic N) is 1. The van der Waals surface area contributed by atoms with E-state index in [0.29, 0.717) is 6.54 Å². The molecule has 0 aromatic rings. The van der Waals surface area contributed by atoms with Crippen LogP contribution in [0.25, 0.3) is 0 Å². The highest BCUT2D eigenvalue weighted by Crippen LogP contribution is 2.15.